The lowest BCUT2D eigenvalue weighted by Crippen LogP contribution is -2.55. The molecule has 1 N–H and O–H groups in total. The van der Waals surface area contributed by atoms with Crippen molar-refractivity contribution in [3.63, 3.8) is 0 Å². The highest BCUT2D eigenvalue weighted by Crippen LogP contribution is 2.21. The van der Waals surface area contributed by atoms with E-state index in [4.69, 9.17) is 4.52 Å². The third-order valence-electron chi connectivity index (χ3n) is 5.37. The van der Waals surface area contributed by atoms with Gasteiger partial charge in [0, 0.05) is 31.7 Å². The van der Waals surface area contributed by atoms with Gasteiger partial charge >= 0.3 is 0 Å². The first-order valence-corrected chi connectivity index (χ1v) is 13.1. The molecule has 1 amide bonds. The molecule has 1 saturated heterocycles. The van der Waals surface area contributed by atoms with Crippen molar-refractivity contribution in [1.82, 2.24) is 19.1 Å². The van der Waals surface area contributed by atoms with Crippen LogP contribution in [0.1, 0.15) is 35.7 Å². The fourth-order valence-corrected chi connectivity index (χ4v) is 6.64. The van der Waals surface area contributed by atoms with E-state index in [2.05, 4.69) is 9.88 Å². The van der Waals surface area contributed by atoms with Crippen molar-refractivity contribution < 1.29 is 30.9 Å². The molecule has 11 nitrogen and oxygen atoms in total. The van der Waals surface area contributed by atoms with Crippen LogP contribution < -0.4 is 4.72 Å². The van der Waals surface area contributed by atoms with Crippen molar-refractivity contribution in [2.45, 2.75) is 43.5 Å². The predicted molar refractivity (Wildman–Crippen MR) is 118 cm³/mol. The maximum Gasteiger partial charge on any atom is 0.246 e. The fourth-order valence-electron chi connectivity index (χ4n) is 3.65. The minimum atomic E-state index is -4.03. The summed E-state index contributed by atoms with van der Waals surface area (Å²) in [7, 11) is -7.87. The standard InChI is InChI=1S/C20H26N4O7S2/c1-13-19(16(4)31-21-13)32(27,28)22-14(2)20(26)23-8-10-24(11-9-23)33(29,30)18-7-5-6-17(12-18)15(3)25/h5-7,12,14,22H,8-11H2,1-4H3/t14-/m0/s1. The molecule has 0 aliphatic carbocycles. The number of nitrogens with one attached hydrogen (secondary N) is 1. The van der Waals surface area contributed by atoms with Gasteiger partial charge in [-0.2, -0.15) is 9.03 Å². The number of hydrogen-bond donors (Lipinski definition) is 1. The predicted octanol–water partition coefficient (Wildman–Crippen LogP) is 0.694. The summed E-state index contributed by atoms with van der Waals surface area (Å²) in [6.45, 7) is 6.02. The van der Waals surface area contributed by atoms with Gasteiger partial charge in [-0.3, -0.25) is 9.59 Å². The Bertz CT molecular complexity index is 1260. The van der Waals surface area contributed by atoms with E-state index in [1.807, 2.05) is 0 Å². The van der Waals surface area contributed by atoms with Gasteiger partial charge in [0.05, 0.1) is 10.9 Å². The number of carbonyl (C=O) groups excluding carboxylic acids is 2. The molecular formula is C20H26N4O7S2. The molecule has 1 fully saturated rings. The van der Waals surface area contributed by atoms with E-state index in [-0.39, 0.29) is 53.2 Å². The number of aryl methyl sites for hydroxylation is 2. The lowest BCUT2D eigenvalue weighted by molar-refractivity contribution is -0.133. The Morgan fingerprint density at radius 2 is 1.73 bits per heavy atom. The van der Waals surface area contributed by atoms with E-state index in [0.29, 0.717) is 5.56 Å². The zero-order valence-electron chi connectivity index (χ0n) is 18.7. The summed E-state index contributed by atoms with van der Waals surface area (Å²) in [4.78, 5) is 25.7. The molecule has 1 aromatic heterocycles. The van der Waals surface area contributed by atoms with Crippen LogP contribution >= 0.6 is 0 Å². The summed E-state index contributed by atoms with van der Waals surface area (Å²) >= 11 is 0. The molecule has 1 aromatic carbocycles. The quantitative estimate of drug-likeness (QED) is 0.549. The van der Waals surface area contributed by atoms with Crippen LogP contribution in [0.4, 0.5) is 0 Å². The van der Waals surface area contributed by atoms with Gasteiger partial charge in [0.15, 0.2) is 11.5 Å². The van der Waals surface area contributed by atoms with Crippen molar-refractivity contribution in [1.29, 1.82) is 0 Å². The van der Waals surface area contributed by atoms with Gasteiger partial charge in [0.2, 0.25) is 26.0 Å². The van der Waals surface area contributed by atoms with Crippen LogP contribution in [-0.4, -0.2) is 75.1 Å². The Morgan fingerprint density at radius 3 is 2.27 bits per heavy atom. The number of hydrogen-bond acceptors (Lipinski definition) is 8. The second kappa shape index (κ2) is 9.33. The summed E-state index contributed by atoms with van der Waals surface area (Å²) in [6.07, 6.45) is 0. The number of sulfonamides is 2. The molecule has 3 rings (SSSR count). The summed E-state index contributed by atoms with van der Waals surface area (Å²) < 4.78 is 59.7. The number of rotatable bonds is 7. The van der Waals surface area contributed by atoms with Crippen molar-refractivity contribution in [3.05, 3.63) is 41.3 Å². The van der Waals surface area contributed by atoms with Crippen LogP contribution in [0.15, 0.2) is 38.6 Å². The Morgan fingerprint density at radius 1 is 1.09 bits per heavy atom. The largest absolute Gasteiger partial charge is 0.360 e. The second-order valence-corrected chi connectivity index (χ2v) is 11.4. The molecule has 2 heterocycles. The zero-order chi connectivity index (χ0) is 24.6. The fraction of sp³-hybridized carbons (Fsp3) is 0.450. The normalized spacial score (nSPS) is 16.5. The third-order valence-corrected chi connectivity index (χ3v) is 9.05. The van der Waals surface area contributed by atoms with Gasteiger partial charge in [0.1, 0.15) is 10.6 Å². The minimum absolute atomic E-state index is 0.00978. The van der Waals surface area contributed by atoms with Crippen molar-refractivity contribution in [2.75, 3.05) is 26.2 Å². The maximum atomic E-state index is 13.0. The average Bonchev–Trinajstić information content (AvgIpc) is 3.11. The van der Waals surface area contributed by atoms with Crippen molar-refractivity contribution in [2.24, 2.45) is 0 Å². The van der Waals surface area contributed by atoms with Crippen LogP contribution in [0.25, 0.3) is 0 Å². The number of benzene rings is 1. The van der Waals surface area contributed by atoms with Crippen LogP contribution in [0.3, 0.4) is 0 Å². The zero-order valence-corrected chi connectivity index (χ0v) is 20.4. The van der Waals surface area contributed by atoms with E-state index >= 15 is 0 Å². The highest BCUT2D eigenvalue weighted by atomic mass is 32.2. The SMILES string of the molecule is CC(=O)c1cccc(S(=O)(=O)N2CCN(C(=O)[C@H](C)NS(=O)(=O)c3c(C)noc3C)CC2)c1. The highest BCUT2D eigenvalue weighted by Gasteiger charge is 2.34. The molecule has 1 aliphatic rings. The van der Waals surface area contributed by atoms with Gasteiger partial charge in [-0.25, -0.2) is 16.8 Å². The first-order chi connectivity index (χ1) is 15.3. The number of piperazine rings is 1. The Kier molecular flexibility index (Phi) is 7.07. The lowest BCUT2D eigenvalue weighted by atomic mass is 10.2. The van der Waals surface area contributed by atoms with E-state index in [9.17, 15) is 26.4 Å². The third kappa shape index (κ3) is 5.16. The highest BCUT2D eigenvalue weighted by molar-refractivity contribution is 7.89. The number of amides is 1. The monoisotopic (exact) mass is 498 g/mol. The number of Topliss-reactive ketones (excluding diaryl/α,β-unsaturated/α-hetero) is 1. The summed E-state index contributed by atoms with van der Waals surface area (Å²) in [5.41, 5.74) is 0.483. The number of aromatic nitrogens is 1. The maximum absolute atomic E-state index is 13.0. The molecule has 1 atom stereocenters. The van der Waals surface area contributed by atoms with Crippen LogP contribution in [-0.2, 0) is 24.8 Å². The van der Waals surface area contributed by atoms with Gasteiger partial charge in [-0.05, 0) is 39.8 Å². The first-order valence-electron chi connectivity index (χ1n) is 10.2. The molecule has 0 saturated carbocycles. The topological polar surface area (TPSA) is 147 Å². The Hall–Kier alpha value is -2.61. The number of nitrogens with zero attached hydrogens (tertiary/aromatic N) is 3. The number of carbonyl (C=O) groups is 2. The minimum Gasteiger partial charge on any atom is -0.360 e. The van der Waals surface area contributed by atoms with Crippen LogP contribution in [0, 0.1) is 13.8 Å². The van der Waals surface area contributed by atoms with Gasteiger partial charge in [-0.15, -0.1) is 0 Å². The molecule has 1 aliphatic heterocycles. The average molecular weight is 499 g/mol. The molecule has 13 heteroatoms. The van der Waals surface area contributed by atoms with Gasteiger partial charge in [-0.1, -0.05) is 17.3 Å². The molecule has 33 heavy (non-hydrogen) atoms. The Balaban J connectivity index is 1.66. The van der Waals surface area contributed by atoms with Crippen molar-refractivity contribution in [3.8, 4) is 0 Å². The van der Waals surface area contributed by atoms with E-state index in [1.165, 1.54) is 55.1 Å². The summed E-state index contributed by atoms with van der Waals surface area (Å²) in [5.74, 6) is -0.594. The first kappa shape index (κ1) is 25.0. The number of ketones is 1. The van der Waals surface area contributed by atoms with Crippen LogP contribution in [0.2, 0.25) is 0 Å². The summed E-state index contributed by atoms with van der Waals surface area (Å²) in [5, 5.41) is 3.63. The molecule has 0 spiro atoms. The molecule has 2 aromatic rings. The van der Waals surface area contributed by atoms with Gasteiger partial charge < -0.3 is 9.42 Å². The van der Waals surface area contributed by atoms with Gasteiger partial charge in [0.25, 0.3) is 0 Å². The molecule has 180 valence electrons. The van der Waals surface area contributed by atoms with E-state index < -0.39 is 32.0 Å². The second-order valence-electron chi connectivity index (χ2n) is 7.81. The van der Waals surface area contributed by atoms with Crippen molar-refractivity contribution >= 4 is 31.7 Å². The molecular weight excluding hydrogens is 472 g/mol. The van der Waals surface area contributed by atoms with E-state index in [0.717, 1.165) is 0 Å². The molecule has 0 radical (unpaired) electrons. The smallest absolute Gasteiger partial charge is 0.246 e. The summed E-state index contributed by atoms with van der Waals surface area (Å²) in [6, 6.07) is 4.74. The molecule has 0 unspecified atom stereocenters. The lowest BCUT2D eigenvalue weighted by Gasteiger charge is -2.35. The van der Waals surface area contributed by atoms with E-state index in [1.54, 1.807) is 6.07 Å². The van der Waals surface area contributed by atoms with Crippen LogP contribution in [0.5, 0.6) is 0 Å². The molecule has 0 bridgehead atoms. The Labute approximate surface area is 192 Å².